The number of hydrogen-bond donors (Lipinski definition) is 1. The summed E-state index contributed by atoms with van der Waals surface area (Å²) in [5.74, 6) is 0.183. The number of nitrogens with one attached hydrogen (secondary N) is 1. The van der Waals surface area contributed by atoms with Crippen molar-refractivity contribution in [3.8, 4) is 0 Å². The van der Waals surface area contributed by atoms with Gasteiger partial charge in [-0.3, -0.25) is 4.79 Å². The second-order valence-corrected chi connectivity index (χ2v) is 3.95. The number of rotatable bonds is 7. The molecule has 0 saturated carbocycles. The van der Waals surface area contributed by atoms with E-state index in [1.807, 2.05) is 32.0 Å². The first kappa shape index (κ1) is 16.8. The zero-order valence-electron chi connectivity index (χ0n) is 11.9. The second-order valence-electron chi connectivity index (χ2n) is 3.95. The van der Waals surface area contributed by atoms with Gasteiger partial charge in [-0.25, -0.2) is 0 Å². The van der Waals surface area contributed by atoms with E-state index in [9.17, 15) is 4.79 Å². The number of ketones is 1. The van der Waals surface area contributed by atoms with E-state index in [-0.39, 0.29) is 11.8 Å². The molecular weight excluding hydrogens is 226 g/mol. The van der Waals surface area contributed by atoms with Crippen LogP contribution >= 0.6 is 0 Å². The number of hydroxylamine groups is 1. The number of hydrogen-bond acceptors (Lipinski definition) is 3. The van der Waals surface area contributed by atoms with Crippen molar-refractivity contribution in [3.05, 3.63) is 35.9 Å². The van der Waals surface area contributed by atoms with Crippen LogP contribution in [0.25, 0.3) is 0 Å². The van der Waals surface area contributed by atoms with Gasteiger partial charge in [-0.2, -0.15) is 5.48 Å². The molecule has 0 aromatic heterocycles. The van der Waals surface area contributed by atoms with E-state index in [2.05, 4.69) is 17.6 Å². The van der Waals surface area contributed by atoms with Gasteiger partial charge < -0.3 is 4.84 Å². The largest absolute Gasteiger partial charge is 0.305 e. The number of Topliss-reactive ketones (excluding diaryl/α,β-unsaturated/α-hetero) is 1. The molecule has 0 bridgehead atoms. The standard InChI is InChI=1S/C13H19NO2.C2H6/c1-11(15)10-13(14-16-2)9-8-12-6-4-3-5-7-12;1-2/h3-7,13-14H,8-10H2,1-2H3;1-2H3. The summed E-state index contributed by atoms with van der Waals surface area (Å²) in [6, 6.07) is 10.3. The number of benzene rings is 1. The van der Waals surface area contributed by atoms with Gasteiger partial charge in [-0.1, -0.05) is 44.2 Å². The molecule has 0 heterocycles. The predicted octanol–water partition coefficient (Wildman–Crippen LogP) is 3.14. The third-order valence-corrected chi connectivity index (χ3v) is 2.44. The fraction of sp³-hybridized carbons (Fsp3) is 0.533. The minimum Gasteiger partial charge on any atom is -0.305 e. The Balaban J connectivity index is 0.00000137. The van der Waals surface area contributed by atoms with Crippen molar-refractivity contribution in [2.75, 3.05) is 7.11 Å². The second kappa shape index (κ2) is 10.9. The zero-order chi connectivity index (χ0) is 13.8. The first-order valence-corrected chi connectivity index (χ1v) is 6.54. The average Bonchev–Trinajstić information content (AvgIpc) is 2.39. The molecule has 18 heavy (non-hydrogen) atoms. The van der Waals surface area contributed by atoms with Crippen LogP contribution in [-0.2, 0) is 16.1 Å². The Morgan fingerprint density at radius 1 is 1.28 bits per heavy atom. The van der Waals surface area contributed by atoms with Gasteiger partial charge in [0.2, 0.25) is 0 Å². The summed E-state index contributed by atoms with van der Waals surface area (Å²) in [5.41, 5.74) is 4.15. The maximum atomic E-state index is 11.0. The van der Waals surface area contributed by atoms with Crippen molar-refractivity contribution in [3.63, 3.8) is 0 Å². The van der Waals surface area contributed by atoms with Gasteiger partial charge >= 0.3 is 0 Å². The zero-order valence-corrected chi connectivity index (χ0v) is 11.9. The molecule has 0 amide bonds. The lowest BCUT2D eigenvalue weighted by Gasteiger charge is -2.15. The quantitative estimate of drug-likeness (QED) is 0.757. The number of carbonyl (C=O) groups excluding carboxylic acids is 1. The molecule has 0 radical (unpaired) electrons. The Morgan fingerprint density at radius 2 is 1.89 bits per heavy atom. The Morgan fingerprint density at radius 3 is 2.39 bits per heavy atom. The molecule has 0 aliphatic heterocycles. The summed E-state index contributed by atoms with van der Waals surface area (Å²) in [6.45, 7) is 5.60. The van der Waals surface area contributed by atoms with Crippen molar-refractivity contribution in [1.82, 2.24) is 5.48 Å². The highest BCUT2D eigenvalue weighted by Gasteiger charge is 2.10. The maximum Gasteiger partial charge on any atom is 0.131 e. The Hall–Kier alpha value is -1.19. The van der Waals surface area contributed by atoms with Crippen molar-refractivity contribution in [1.29, 1.82) is 0 Å². The molecule has 1 aromatic rings. The van der Waals surface area contributed by atoms with Crippen molar-refractivity contribution >= 4 is 5.78 Å². The van der Waals surface area contributed by atoms with E-state index < -0.39 is 0 Å². The van der Waals surface area contributed by atoms with E-state index in [0.29, 0.717) is 6.42 Å². The van der Waals surface area contributed by atoms with Gasteiger partial charge in [0.1, 0.15) is 5.78 Å². The summed E-state index contributed by atoms with van der Waals surface area (Å²) < 4.78 is 0. The lowest BCUT2D eigenvalue weighted by Crippen LogP contribution is -2.30. The minimum atomic E-state index is 0.0997. The monoisotopic (exact) mass is 251 g/mol. The molecule has 0 spiro atoms. The molecule has 1 rings (SSSR count). The van der Waals surface area contributed by atoms with Crippen molar-refractivity contribution in [2.24, 2.45) is 0 Å². The topological polar surface area (TPSA) is 38.3 Å². The number of aryl methyl sites for hydroxylation is 1. The predicted molar refractivity (Wildman–Crippen MR) is 75.3 cm³/mol. The highest BCUT2D eigenvalue weighted by Crippen LogP contribution is 2.07. The summed E-state index contributed by atoms with van der Waals surface area (Å²) in [5, 5.41) is 0. The average molecular weight is 251 g/mol. The highest BCUT2D eigenvalue weighted by molar-refractivity contribution is 5.76. The van der Waals surface area contributed by atoms with Gasteiger partial charge in [-0.05, 0) is 25.3 Å². The minimum absolute atomic E-state index is 0.0997. The molecule has 0 aliphatic rings. The van der Waals surface area contributed by atoms with Gasteiger partial charge in [0.25, 0.3) is 0 Å². The van der Waals surface area contributed by atoms with Crippen molar-refractivity contribution < 1.29 is 9.63 Å². The molecule has 3 heteroatoms. The molecule has 0 aliphatic carbocycles. The van der Waals surface area contributed by atoms with Crippen LogP contribution in [0.2, 0.25) is 0 Å². The van der Waals surface area contributed by atoms with Crippen LogP contribution in [0.3, 0.4) is 0 Å². The van der Waals surface area contributed by atoms with E-state index in [0.717, 1.165) is 12.8 Å². The first-order valence-electron chi connectivity index (χ1n) is 6.54. The molecule has 0 fully saturated rings. The fourth-order valence-electron chi connectivity index (χ4n) is 1.70. The molecule has 0 saturated heterocycles. The molecule has 1 atom stereocenters. The summed E-state index contributed by atoms with van der Waals surface area (Å²) in [6.07, 6.45) is 2.37. The molecule has 102 valence electrons. The lowest BCUT2D eigenvalue weighted by atomic mass is 10.0. The molecule has 1 aromatic carbocycles. The smallest absolute Gasteiger partial charge is 0.131 e. The van der Waals surface area contributed by atoms with Crippen molar-refractivity contribution in [2.45, 2.75) is 46.1 Å². The lowest BCUT2D eigenvalue weighted by molar-refractivity contribution is -0.118. The number of carbonyl (C=O) groups is 1. The summed E-state index contributed by atoms with van der Waals surface area (Å²) in [4.78, 5) is 15.9. The van der Waals surface area contributed by atoms with Gasteiger partial charge in [0.15, 0.2) is 0 Å². The van der Waals surface area contributed by atoms with Crippen LogP contribution < -0.4 is 5.48 Å². The van der Waals surface area contributed by atoms with Crippen LogP contribution in [0.1, 0.15) is 39.2 Å². The molecule has 3 nitrogen and oxygen atoms in total. The van der Waals surface area contributed by atoms with Crippen LogP contribution in [0.4, 0.5) is 0 Å². The Labute approximate surface area is 111 Å². The first-order chi connectivity index (χ1) is 8.72. The highest BCUT2D eigenvalue weighted by atomic mass is 16.6. The van der Waals surface area contributed by atoms with Crippen LogP contribution in [0.5, 0.6) is 0 Å². The van der Waals surface area contributed by atoms with Crippen LogP contribution in [-0.4, -0.2) is 18.9 Å². The fourth-order valence-corrected chi connectivity index (χ4v) is 1.70. The maximum absolute atomic E-state index is 11.0. The Kier molecular flexibility index (Phi) is 10.2. The molecule has 1 N–H and O–H groups in total. The Bertz CT molecular complexity index is 312. The SMILES string of the molecule is CC.CONC(CCc1ccccc1)CC(C)=O. The van der Waals surface area contributed by atoms with Gasteiger partial charge in [0, 0.05) is 12.5 Å². The van der Waals surface area contributed by atoms with E-state index in [1.165, 1.54) is 5.56 Å². The van der Waals surface area contributed by atoms with E-state index in [1.54, 1.807) is 14.0 Å². The van der Waals surface area contributed by atoms with Gasteiger partial charge in [0.05, 0.1) is 7.11 Å². The van der Waals surface area contributed by atoms with E-state index >= 15 is 0 Å². The third kappa shape index (κ3) is 7.98. The van der Waals surface area contributed by atoms with E-state index in [4.69, 9.17) is 4.84 Å². The summed E-state index contributed by atoms with van der Waals surface area (Å²) >= 11 is 0. The third-order valence-electron chi connectivity index (χ3n) is 2.44. The van der Waals surface area contributed by atoms with Gasteiger partial charge in [-0.15, -0.1) is 0 Å². The summed E-state index contributed by atoms with van der Waals surface area (Å²) in [7, 11) is 1.58. The van der Waals surface area contributed by atoms with Crippen LogP contribution in [0, 0.1) is 0 Å². The molecular formula is C15H25NO2. The normalized spacial score (nSPS) is 11.3. The van der Waals surface area contributed by atoms with Crippen LogP contribution in [0.15, 0.2) is 30.3 Å². The molecule has 1 unspecified atom stereocenters.